The number of carbonyl (C=O) groups is 1. The van der Waals surface area contributed by atoms with Crippen molar-refractivity contribution in [2.24, 2.45) is 5.73 Å². The Labute approximate surface area is 34.9 Å². The molecule has 3 heteroatoms. The van der Waals surface area contributed by atoms with Gasteiger partial charge in [0.1, 0.15) is 0 Å². The second kappa shape index (κ2) is 2.18. The fourth-order valence-electron chi connectivity index (χ4n) is 0. The highest BCUT2D eigenvalue weighted by Crippen LogP contribution is 1.68. The van der Waals surface area contributed by atoms with Crippen molar-refractivity contribution >= 4 is 16.8 Å². The summed E-state index contributed by atoms with van der Waals surface area (Å²) in [6.07, 6.45) is 0. The smallest absolute Gasteiger partial charge is 0.235 e. The Morgan fingerprint density at radius 3 is 2.20 bits per heavy atom. The maximum Gasteiger partial charge on any atom is 0.235 e. The van der Waals surface area contributed by atoms with Gasteiger partial charge in [-0.25, -0.2) is 0 Å². The first-order valence-corrected chi connectivity index (χ1v) is 1.53. The minimum Gasteiger partial charge on any atom is -0.323 e. The number of rotatable bonds is 1. The molecule has 0 aromatic heterocycles. The highest BCUT2D eigenvalue weighted by atomic mass is 35.5. The van der Waals surface area contributed by atoms with E-state index in [9.17, 15) is 4.79 Å². The lowest BCUT2D eigenvalue weighted by Gasteiger charge is -1.69. The quantitative estimate of drug-likeness (QED) is 0.453. The molecule has 0 atom stereocenters. The molecule has 0 spiro atoms. The second-order valence-electron chi connectivity index (χ2n) is 0.559. The van der Waals surface area contributed by atoms with Gasteiger partial charge in [-0.1, -0.05) is 0 Å². The van der Waals surface area contributed by atoms with Gasteiger partial charge in [0, 0.05) is 0 Å². The first kappa shape index (κ1) is 4.92. The van der Waals surface area contributed by atoms with Crippen LogP contribution in [-0.4, -0.2) is 11.8 Å². The van der Waals surface area contributed by atoms with Gasteiger partial charge in [-0.05, 0) is 11.6 Å². The maximum atomic E-state index is 9.45. The van der Waals surface area contributed by atoms with Crippen molar-refractivity contribution in [2.75, 3.05) is 6.54 Å². The van der Waals surface area contributed by atoms with E-state index >= 15 is 0 Å². The van der Waals surface area contributed by atoms with Gasteiger partial charge in [-0.2, -0.15) is 0 Å². The molecule has 5 heavy (non-hydrogen) atoms. The van der Waals surface area contributed by atoms with Gasteiger partial charge >= 0.3 is 0 Å². The Hall–Kier alpha value is -0.0800. The summed E-state index contributed by atoms with van der Waals surface area (Å²) in [5, 5.41) is -0.495. The molecule has 0 amide bonds. The molecule has 0 saturated heterocycles. The van der Waals surface area contributed by atoms with Crippen LogP contribution in [0.1, 0.15) is 0 Å². The van der Waals surface area contributed by atoms with Gasteiger partial charge < -0.3 is 5.73 Å². The molecule has 0 saturated carbocycles. The molecule has 0 unspecified atom stereocenters. The summed E-state index contributed by atoms with van der Waals surface area (Å²) in [5.74, 6) is 0. The normalized spacial score (nSPS) is 7.60. The van der Waals surface area contributed by atoms with E-state index in [1.54, 1.807) is 0 Å². The van der Waals surface area contributed by atoms with Crippen molar-refractivity contribution in [1.29, 1.82) is 0 Å². The average molecular weight is 93.5 g/mol. The number of nitrogens with two attached hydrogens (primary N) is 1. The molecule has 0 aromatic carbocycles. The van der Waals surface area contributed by atoms with Crippen LogP contribution in [0.5, 0.6) is 0 Å². The Kier molecular flexibility index (Phi) is 2.14. The van der Waals surface area contributed by atoms with Crippen molar-refractivity contribution in [3.05, 3.63) is 0 Å². The highest BCUT2D eigenvalue weighted by molar-refractivity contribution is 6.64. The lowest BCUT2D eigenvalue weighted by molar-refractivity contribution is -0.110. The highest BCUT2D eigenvalue weighted by Gasteiger charge is 1.81. The minimum atomic E-state index is -0.495. The molecule has 30 valence electrons. The Morgan fingerprint density at radius 2 is 2.20 bits per heavy atom. The lowest BCUT2D eigenvalue weighted by atomic mass is 10.8. The third-order valence-corrected chi connectivity index (χ3v) is 0.315. The predicted octanol–water partition coefficient (Wildman–Crippen LogP) is -0.290. The van der Waals surface area contributed by atoms with Crippen LogP contribution in [0, 0.1) is 0 Å². The van der Waals surface area contributed by atoms with Crippen LogP contribution < -0.4 is 5.73 Å². The molecule has 0 aliphatic rings. The molecule has 0 aromatic rings. The third-order valence-electron chi connectivity index (χ3n) is 0.160. The molecule has 0 fully saturated rings. The van der Waals surface area contributed by atoms with Crippen molar-refractivity contribution in [1.82, 2.24) is 0 Å². The zero-order valence-corrected chi connectivity index (χ0v) is 3.33. The van der Waals surface area contributed by atoms with Gasteiger partial charge in [0.05, 0.1) is 6.54 Å². The summed E-state index contributed by atoms with van der Waals surface area (Å²) >= 11 is 4.70. The summed E-state index contributed by atoms with van der Waals surface area (Å²) in [6, 6.07) is 0. The molecule has 0 rings (SSSR count). The zero-order chi connectivity index (χ0) is 4.28. The second-order valence-corrected chi connectivity index (χ2v) is 0.981. The molecule has 0 heterocycles. The van der Waals surface area contributed by atoms with E-state index in [1.807, 2.05) is 0 Å². The Bertz CT molecular complexity index is 44.9. The van der Waals surface area contributed by atoms with Crippen LogP contribution in [-0.2, 0) is 4.79 Å². The van der Waals surface area contributed by atoms with E-state index in [4.69, 9.17) is 11.6 Å². The van der Waals surface area contributed by atoms with Gasteiger partial charge in [0.15, 0.2) is 0 Å². The molecule has 2 nitrogen and oxygen atoms in total. The standard InChI is InChI=1S/C2H4ClNO/c3-2(5)1-4/h1,4H2. The van der Waals surface area contributed by atoms with Gasteiger partial charge in [0.25, 0.3) is 0 Å². The Balaban J connectivity index is 2.85. The average Bonchev–Trinajstić information content (AvgIpc) is 1.38. The van der Waals surface area contributed by atoms with E-state index in [2.05, 4.69) is 5.73 Å². The molecule has 0 radical (unpaired) electrons. The zero-order valence-electron chi connectivity index (χ0n) is 2.57. The van der Waals surface area contributed by atoms with Gasteiger partial charge in [-0.15, -0.1) is 0 Å². The van der Waals surface area contributed by atoms with E-state index in [0.717, 1.165) is 0 Å². The van der Waals surface area contributed by atoms with E-state index in [-0.39, 0.29) is 6.54 Å². The summed E-state index contributed by atoms with van der Waals surface area (Å²) in [5.41, 5.74) is 4.69. The van der Waals surface area contributed by atoms with Crippen molar-refractivity contribution in [2.45, 2.75) is 0 Å². The van der Waals surface area contributed by atoms with E-state index < -0.39 is 5.24 Å². The molecule has 0 aliphatic heterocycles. The topological polar surface area (TPSA) is 43.1 Å². The van der Waals surface area contributed by atoms with E-state index in [0.29, 0.717) is 0 Å². The molecule has 0 aliphatic carbocycles. The first-order chi connectivity index (χ1) is 2.27. The molecular weight excluding hydrogens is 89.5 g/mol. The summed E-state index contributed by atoms with van der Waals surface area (Å²) in [4.78, 5) is 9.45. The summed E-state index contributed by atoms with van der Waals surface area (Å²) in [7, 11) is 0. The SMILES string of the molecule is NCC(=O)Cl. The van der Waals surface area contributed by atoms with Crippen LogP contribution in [0.2, 0.25) is 0 Å². The molecular formula is C2H4ClNO. The maximum absolute atomic E-state index is 9.45. The van der Waals surface area contributed by atoms with Crippen LogP contribution in [0.4, 0.5) is 0 Å². The fourth-order valence-corrected chi connectivity index (χ4v) is 0. The van der Waals surface area contributed by atoms with Crippen LogP contribution in [0.3, 0.4) is 0 Å². The predicted molar refractivity (Wildman–Crippen MR) is 19.9 cm³/mol. The monoisotopic (exact) mass is 93.0 g/mol. The van der Waals surface area contributed by atoms with Crippen molar-refractivity contribution < 1.29 is 4.79 Å². The number of hydrogen-bond acceptors (Lipinski definition) is 2. The van der Waals surface area contributed by atoms with Crippen LogP contribution in [0.15, 0.2) is 0 Å². The van der Waals surface area contributed by atoms with Gasteiger partial charge in [0.2, 0.25) is 5.24 Å². The first-order valence-electron chi connectivity index (χ1n) is 1.15. The molecule has 2 N–H and O–H groups in total. The fraction of sp³-hybridized carbons (Fsp3) is 0.500. The Morgan fingerprint density at radius 1 is 2.00 bits per heavy atom. The van der Waals surface area contributed by atoms with Gasteiger partial charge in [-0.3, -0.25) is 4.79 Å². The van der Waals surface area contributed by atoms with Crippen molar-refractivity contribution in [3.63, 3.8) is 0 Å². The van der Waals surface area contributed by atoms with Crippen LogP contribution >= 0.6 is 11.6 Å². The lowest BCUT2D eigenvalue weighted by Crippen LogP contribution is -2.05. The largest absolute Gasteiger partial charge is 0.323 e. The van der Waals surface area contributed by atoms with E-state index in [1.165, 1.54) is 0 Å². The minimum absolute atomic E-state index is 0.0679. The molecule has 0 bridgehead atoms. The van der Waals surface area contributed by atoms with Crippen LogP contribution in [0.25, 0.3) is 0 Å². The number of halogens is 1. The summed E-state index contributed by atoms with van der Waals surface area (Å²) in [6.45, 7) is -0.0679. The van der Waals surface area contributed by atoms with Crippen molar-refractivity contribution in [3.8, 4) is 0 Å². The summed E-state index contributed by atoms with van der Waals surface area (Å²) < 4.78 is 0. The number of carbonyl (C=O) groups excluding carboxylic acids is 1. The number of hydrogen-bond donors (Lipinski definition) is 1. The third kappa shape index (κ3) is 3.92.